The summed E-state index contributed by atoms with van der Waals surface area (Å²) in [4.78, 5) is 2.55. The molecular weight excluding hydrogens is 236 g/mol. The van der Waals surface area contributed by atoms with E-state index in [1.807, 2.05) is 10.9 Å². The Morgan fingerprint density at radius 2 is 2.16 bits per heavy atom. The minimum Gasteiger partial charge on any atom is -0.317 e. The van der Waals surface area contributed by atoms with Crippen molar-refractivity contribution in [1.82, 2.24) is 20.0 Å². The zero-order chi connectivity index (χ0) is 13.7. The first kappa shape index (κ1) is 14.5. The fraction of sp³-hybridized carbons (Fsp3) is 0.800. The van der Waals surface area contributed by atoms with Gasteiger partial charge in [0, 0.05) is 30.9 Å². The smallest absolute Gasteiger partial charge is 0.0534 e. The first-order valence-corrected chi connectivity index (χ1v) is 7.65. The minimum absolute atomic E-state index is 0.452. The molecule has 19 heavy (non-hydrogen) atoms. The summed E-state index contributed by atoms with van der Waals surface area (Å²) in [6.07, 6.45) is 6.85. The third kappa shape index (κ3) is 4.32. The molecule has 0 bridgehead atoms. The van der Waals surface area contributed by atoms with E-state index in [1.165, 1.54) is 38.0 Å². The van der Waals surface area contributed by atoms with Crippen LogP contribution in [0.3, 0.4) is 0 Å². The molecule has 1 saturated heterocycles. The molecule has 0 spiro atoms. The van der Waals surface area contributed by atoms with Crippen LogP contribution in [-0.2, 0) is 6.54 Å². The van der Waals surface area contributed by atoms with Gasteiger partial charge < -0.3 is 5.32 Å². The molecule has 4 heteroatoms. The number of aromatic nitrogens is 2. The lowest BCUT2D eigenvalue weighted by Gasteiger charge is -2.29. The molecule has 1 aliphatic heterocycles. The van der Waals surface area contributed by atoms with Crippen molar-refractivity contribution >= 4 is 0 Å². The molecule has 0 radical (unpaired) electrons. The SMILES string of the molecule is CCN(Cc1cnn(C(C)C)c1)CC1CCNCC1. The highest BCUT2D eigenvalue weighted by molar-refractivity contribution is 5.04. The Labute approximate surface area is 117 Å². The molecular formula is C15H28N4. The van der Waals surface area contributed by atoms with Crippen LogP contribution in [0, 0.1) is 5.92 Å². The molecule has 0 amide bonds. The Balaban J connectivity index is 1.86. The molecule has 0 aliphatic carbocycles. The third-order valence-corrected chi connectivity index (χ3v) is 4.01. The van der Waals surface area contributed by atoms with Gasteiger partial charge in [0.1, 0.15) is 0 Å². The molecule has 2 heterocycles. The van der Waals surface area contributed by atoms with E-state index in [0.717, 1.165) is 19.0 Å². The molecule has 1 fully saturated rings. The van der Waals surface area contributed by atoms with Gasteiger partial charge in [-0.05, 0) is 52.2 Å². The van der Waals surface area contributed by atoms with E-state index >= 15 is 0 Å². The summed E-state index contributed by atoms with van der Waals surface area (Å²) in [6, 6.07) is 0.452. The zero-order valence-electron chi connectivity index (χ0n) is 12.6. The molecule has 1 N–H and O–H groups in total. The molecule has 4 nitrogen and oxygen atoms in total. The maximum Gasteiger partial charge on any atom is 0.0534 e. The molecule has 1 aliphatic rings. The van der Waals surface area contributed by atoms with Gasteiger partial charge in [0.25, 0.3) is 0 Å². The molecule has 1 aromatic heterocycles. The molecule has 0 saturated carbocycles. The van der Waals surface area contributed by atoms with Gasteiger partial charge in [0.05, 0.1) is 6.20 Å². The number of hydrogen-bond acceptors (Lipinski definition) is 3. The van der Waals surface area contributed by atoms with E-state index in [1.54, 1.807) is 0 Å². The average molecular weight is 264 g/mol. The molecule has 0 unspecified atom stereocenters. The summed E-state index contributed by atoms with van der Waals surface area (Å²) < 4.78 is 2.05. The van der Waals surface area contributed by atoms with Crippen LogP contribution in [0.25, 0.3) is 0 Å². The molecule has 0 aromatic carbocycles. The molecule has 2 rings (SSSR count). The topological polar surface area (TPSA) is 33.1 Å². The second-order valence-electron chi connectivity index (χ2n) is 5.94. The maximum atomic E-state index is 4.43. The van der Waals surface area contributed by atoms with E-state index in [2.05, 4.69) is 42.3 Å². The van der Waals surface area contributed by atoms with E-state index in [4.69, 9.17) is 0 Å². The number of nitrogens with one attached hydrogen (secondary N) is 1. The van der Waals surface area contributed by atoms with Gasteiger partial charge in [0.2, 0.25) is 0 Å². The van der Waals surface area contributed by atoms with Crippen molar-refractivity contribution < 1.29 is 0 Å². The predicted octanol–water partition coefficient (Wildman–Crippen LogP) is 2.29. The van der Waals surface area contributed by atoms with Crippen LogP contribution in [0.4, 0.5) is 0 Å². The summed E-state index contributed by atoms with van der Waals surface area (Å²) in [5.41, 5.74) is 1.34. The highest BCUT2D eigenvalue weighted by Crippen LogP contribution is 2.15. The van der Waals surface area contributed by atoms with Crippen molar-refractivity contribution in [1.29, 1.82) is 0 Å². The maximum absolute atomic E-state index is 4.43. The fourth-order valence-corrected chi connectivity index (χ4v) is 2.73. The summed E-state index contributed by atoms with van der Waals surface area (Å²) in [5, 5.41) is 7.87. The number of piperidine rings is 1. The molecule has 0 atom stereocenters. The van der Waals surface area contributed by atoms with Gasteiger partial charge in [-0.25, -0.2) is 0 Å². The Kier molecular flexibility index (Phi) is 5.40. The van der Waals surface area contributed by atoms with Gasteiger partial charge in [0.15, 0.2) is 0 Å². The number of nitrogens with zero attached hydrogens (tertiary/aromatic N) is 3. The van der Waals surface area contributed by atoms with E-state index < -0.39 is 0 Å². The lowest BCUT2D eigenvalue weighted by atomic mass is 9.97. The van der Waals surface area contributed by atoms with E-state index in [-0.39, 0.29) is 0 Å². The summed E-state index contributed by atoms with van der Waals surface area (Å²) in [6.45, 7) is 12.4. The summed E-state index contributed by atoms with van der Waals surface area (Å²) >= 11 is 0. The van der Waals surface area contributed by atoms with Gasteiger partial charge in [-0.15, -0.1) is 0 Å². The predicted molar refractivity (Wildman–Crippen MR) is 79.2 cm³/mol. The Morgan fingerprint density at radius 1 is 1.42 bits per heavy atom. The molecule has 1 aromatic rings. The standard InChI is InChI=1S/C15H28N4/c1-4-18(10-14-5-7-16-8-6-14)11-15-9-17-19(12-15)13(2)3/h9,12-14,16H,4-8,10-11H2,1-3H3. The van der Waals surface area contributed by atoms with Crippen molar-refractivity contribution in [3.8, 4) is 0 Å². The highest BCUT2D eigenvalue weighted by Gasteiger charge is 2.16. The lowest BCUT2D eigenvalue weighted by molar-refractivity contribution is 0.207. The van der Waals surface area contributed by atoms with Crippen LogP contribution in [-0.4, -0.2) is 40.9 Å². The highest BCUT2D eigenvalue weighted by atomic mass is 15.3. The van der Waals surface area contributed by atoms with Crippen LogP contribution in [0.5, 0.6) is 0 Å². The van der Waals surface area contributed by atoms with Gasteiger partial charge in [-0.3, -0.25) is 9.58 Å². The summed E-state index contributed by atoms with van der Waals surface area (Å²) in [5.74, 6) is 0.862. The Bertz CT molecular complexity index is 366. The van der Waals surface area contributed by atoms with Crippen molar-refractivity contribution in [2.75, 3.05) is 26.2 Å². The Morgan fingerprint density at radius 3 is 2.74 bits per heavy atom. The van der Waals surface area contributed by atoms with Crippen LogP contribution < -0.4 is 5.32 Å². The second kappa shape index (κ2) is 7.06. The number of rotatable bonds is 6. The quantitative estimate of drug-likeness (QED) is 0.856. The van der Waals surface area contributed by atoms with Gasteiger partial charge >= 0.3 is 0 Å². The summed E-state index contributed by atoms with van der Waals surface area (Å²) in [7, 11) is 0. The van der Waals surface area contributed by atoms with E-state index in [0.29, 0.717) is 6.04 Å². The average Bonchev–Trinajstić information content (AvgIpc) is 2.88. The van der Waals surface area contributed by atoms with Crippen molar-refractivity contribution in [3.05, 3.63) is 18.0 Å². The lowest BCUT2D eigenvalue weighted by Crippen LogP contribution is -2.35. The van der Waals surface area contributed by atoms with Crippen LogP contribution in [0.2, 0.25) is 0 Å². The van der Waals surface area contributed by atoms with Gasteiger partial charge in [-0.1, -0.05) is 6.92 Å². The third-order valence-electron chi connectivity index (χ3n) is 4.01. The van der Waals surface area contributed by atoms with Crippen molar-refractivity contribution in [2.45, 2.75) is 46.2 Å². The van der Waals surface area contributed by atoms with E-state index in [9.17, 15) is 0 Å². The normalized spacial score (nSPS) is 17.5. The minimum atomic E-state index is 0.452. The van der Waals surface area contributed by atoms with Crippen LogP contribution >= 0.6 is 0 Å². The van der Waals surface area contributed by atoms with Gasteiger partial charge in [-0.2, -0.15) is 5.10 Å². The largest absolute Gasteiger partial charge is 0.317 e. The van der Waals surface area contributed by atoms with Crippen LogP contribution in [0.1, 0.15) is 45.2 Å². The monoisotopic (exact) mass is 264 g/mol. The van der Waals surface area contributed by atoms with Crippen molar-refractivity contribution in [3.63, 3.8) is 0 Å². The van der Waals surface area contributed by atoms with Crippen LogP contribution in [0.15, 0.2) is 12.4 Å². The first-order chi connectivity index (χ1) is 9.19. The first-order valence-electron chi connectivity index (χ1n) is 7.65. The fourth-order valence-electron chi connectivity index (χ4n) is 2.73. The molecule has 108 valence electrons. The Hall–Kier alpha value is -0.870. The van der Waals surface area contributed by atoms with Crippen molar-refractivity contribution in [2.24, 2.45) is 5.92 Å². The zero-order valence-corrected chi connectivity index (χ0v) is 12.6. The number of hydrogen-bond donors (Lipinski definition) is 1. The second-order valence-corrected chi connectivity index (χ2v) is 5.94.